The van der Waals surface area contributed by atoms with Gasteiger partial charge in [-0.15, -0.1) is 0 Å². The fraction of sp³-hybridized carbons (Fsp3) is 0.0588. The number of rotatable bonds is 5. The van der Waals surface area contributed by atoms with Crippen molar-refractivity contribution in [1.82, 2.24) is 9.97 Å². The van der Waals surface area contributed by atoms with E-state index in [0.717, 1.165) is 17.1 Å². The first kappa shape index (κ1) is 16.4. The van der Waals surface area contributed by atoms with Crippen LogP contribution in [0.2, 0.25) is 10.0 Å². The van der Waals surface area contributed by atoms with Gasteiger partial charge in [0.1, 0.15) is 23.7 Å². The highest BCUT2D eigenvalue weighted by Gasteiger charge is 2.05. The first-order valence-electron chi connectivity index (χ1n) is 7.09. The molecule has 0 aliphatic rings. The van der Waals surface area contributed by atoms with E-state index in [9.17, 15) is 0 Å². The van der Waals surface area contributed by atoms with Crippen LogP contribution >= 0.6 is 23.2 Å². The number of anilines is 4. The van der Waals surface area contributed by atoms with Crippen LogP contribution < -0.4 is 15.4 Å². The normalized spacial score (nSPS) is 10.3. The molecular weight excluding hydrogens is 347 g/mol. The second-order valence-corrected chi connectivity index (χ2v) is 5.77. The highest BCUT2D eigenvalue weighted by molar-refractivity contribution is 6.35. The standard InChI is InChI=1S/C17H14Cl2N4O/c1-24-15-5-3-2-4-14(15)23-17-9-16(20-10-21-17)22-13-7-11(18)6-12(19)8-13/h2-10H,1H3,(H2,20,21,22,23). The molecule has 1 heterocycles. The average molecular weight is 361 g/mol. The predicted molar refractivity (Wildman–Crippen MR) is 98.1 cm³/mol. The SMILES string of the molecule is COc1ccccc1Nc1cc(Nc2cc(Cl)cc(Cl)c2)ncn1. The number of ether oxygens (including phenoxy) is 1. The van der Waals surface area contributed by atoms with E-state index in [-0.39, 0.29) is 0 Å². The molecule has 1 aromatic heterocycles. The predicted octanol–water partition coefficient (Wildman–Crippen LogP) is 5.28. The minimum absolute atomic E-state index is 0.548. The summed E-state index contributed by atoms with van der Waals surface area (Å²) in [5.41, 5.74) is 1.56. The van der Waals surface area contributed by atoms with Crippen LogP contribution in [-0.2, 0) is 0 Å². The highest BCUT2D eigenvalue weighted by Crippen LogP contribution is 2.28. The molecule has 7 heteroatoms. The Kier molecular flexibility index (Phi) is 5.03. The topological polar surface area (TPSA) is 59.1 Å². The van der Waals surface area contributed by atoms with Gasteiger partial charge in [-0.2, -0.15) is 0 Å². The molecule has 2 aromatic carbocycles. The molecule has 0 saturated carbocycles. The Hall–Kier alpha value is -2.50. The summed E-state index contributed by atoms with van der Waals surface area (Å²) in [5.74, 6) is 1.97. The molecular formula is C17H14Cl2N4O. The molecule has 0 bridgehead atoms. The van der Waals surface area contributed by atoms with Gasteiger partial charge in [0, 0.05) is 21.8 Å². The monoisotopic (exact) mass is 360 g/mol. The lowest BCUT2D eigenvalue weighted by molar-refractivity contribution is 0.417. The zero-order chi connectivity index (χ0) is 16.9. The van der Waals surface area contributed by atoms with Crippen molar-refractivity contribution in [2.75, 3.05) is 17.7 Å². The lowest BCUT2D eigenvalue weighted by Crippen LogP contribution is -1.99. The molecule has 3 aromatic rings. The van der Waals surface area contributed by atoms with Gasteiger partial charge in [-0.3, -0.25) is 0 Å². The van der Waals surface area contributed by atoms with Gasteiger partial charge in [0.15, 0.2) is 0 Å². The lowest BCUT2D eigenvalue weighted by Gasteiger charge is -2.11. The van der Waals surface area contributed by atoms with Gasteiger partial charge in [-0.05, 0) is 30.3 Å². The third kappa shape index (κ3) is 4.07. The first-order valence-corrected chi connectivity index (χ1v) is 7.85. The Labute approximate surface area is 149 Å². The summed E-state index contributed by atoms with van der Waals surface area (Å²) in [5, 5.41) is 7.45. The molecule has 0 atom stereocenters. The Morgan fingerprint density at radius 1 is 0.875 bits per heavy atom. The maximum absolute atomic E-state index is 6.00. The van der Waals surface area contributed by atoms with Gasteiger partial charge >= 0.3 is 0 Å². The minimum atomic E-state index is 0.548. The lowest BCUT2D eigenvalue weighted by atomic mass is 10.3. The zero-order valence-electron chi connectivity index (χ0n) is 12.8. The van der Waals surface area contributed by atoms with Crippen molar-refractivity contribution < 1.29 is 4.74 Å². The quantitative estimate of drug-likeness (QED) is 0.648. The molecule has 0 radical (unpaired) electrons. The van der Waals surface area contributed by atoms with E-state index >= 15 is 0 Å². The Morgan fingerprint density at radius 2 is 1.54 bits per heavy atom. The summed E-state index contributed by atoms with van der Waals surface area (Å²) in [7, 11) is 1.62. The molecule has 24 heavy (non-hydrogen) atoms. The van der Waals surface area contributed by atoms with E-state index in [0.29, 0.717) is 21.7 Å². The van der Waals surface area contributed by atoms with Crippen molar-refractivity contribution >= 4 is 46.2 Å². The molecule has 0 unspecified atom stereocenters. The number of benzene rings is 2. The third-order valence-corrected chi connectivity index (χ3v) is 3.61. The van der Waals surface area contributed by atoms with E-state index in [1.807, 2.05) is 24.3 Å². The minimum Gasteiger partial charge on any atom is -0.495 e. The first-order chi connectivity index (χ1) is 11.6. The summed E-state index contributed by atoms with van der Waals surface area (Å²) in [6.45, 7) is 0. The largest absolute Gasteiger partial charge is 0.495 e. The zero-order valence-corrected chi connectivity index (χ0v) is 14.3. The number of para-hydroxylation sites is 2. The van der Waals surface area contributed by atoms with Crippen molar-refractivity contribution in [3.63, 3.8) is 0 Å². The molecule has 2 N–H and O–H groups in total. The Morgan fingerprint density at radius 3 is 2.25 bits per heavy atom. The van der Waals surface area contributed by atoms with Gasteiger partial charge in [0.25, 0.3) is 0 Å². The summed E-state index contributed by atoms with van der Waals surface area (Å²) in [4.78, 5) is 8.42. The Balaban J connectivity index is 1.81. The van der Waals surface area contributed by atoms with Crippen LogP contribution in [0.1, 0.15) is 0 Å². The van der Waals surface area contributed by atoms with Crippen LogP contribution in [0.5, 0.6) is 5.75 Å². The molecule has 122 valence electrons. The van der Waals surface area contributed by atoms with Gasteiger partial charge in [0.2, 0.25) is 0 Å². The fourth-order valence-corrected chi connectivity index (χ4v) is 2.68. The van der Waals surface area contributed by atoms with Crippen molar-refractivity contribution in [2.24, 2.45) is 0 Å². The third-order valence-electron chi connectivity index (χ3n) is 3.17. The van der Waals surface area contributed by atoms with Crippen LogP contribution in [0.25, 0.3) is 0 Å². The molecule has 0 saturated heterocycles. The van der Waals surface area contributed by atoms with E-state index in [1.54, 1.807) is 31.4 Å². The van der Waals surface area contributed by atoms with Gasteiger partial charge in [-0.25, -0.2) is 9.97 Å². The van der Waals surface area contributed by atoms with E-state index < -0.39 is 0 Å². The smallest absolute Gasteiger partial charge is 0.142 e. The molecule has 3 rings (SSSR count). The van der Waals surface area contributed by atoms with E-state index in [4.69, 9.17) is 27.9 Å². The number of halogens is 2. The van der Waals surface area contributed by atoms with Gasteiger partial charge < -0.3 is 15.4 Å². The van der Waals surface area contributed by atoms with Crippen molar-refractivity contribution in [3.8, 4) is 5.75 Å². The molecule has 5 nitrogen and oxygen atoms in total. The van der Waals surface area contributed by atoms with Gasteiger partial charge in [-0.1, -0.05) is 35.3 Å². The summed E-state index contributed by atoms with van der Waals surface area (Å²) in [6, 6.07) is 14.6. The summed E-state index contributed by atoms with van der Waals surface area (Å²) >= 11 is 12.0. The van der Waals surface area contributed by atoms with Gasteiger partial charge in [0.05, 0.1) is 12.8 Å². The molecule has 0 spiro atoms. The van der Waals surface area contributed by atoms with Crippen LogP contribution in [0.3, 0.4) is 0 Å². The number of nitrogens with zero attached hydrogens (tertiary/aromatic N) is 2. The number of hydrogen-bond acceptors (Lipinski definition) is 5. The maximum Gasteiger partial charge on any atom is 0.142 e. The summed E-state index contributed by atoms with van der Waals surface area (Å²) in [6.07, 6.45) is 1.46. The van der Waals surface area contributed by atoms with E-state index in [1.165, 1.54) is 6.33 Å². The number of hydrogen-bond donors (Lipinski definition) is 2. The molecule has 0 fully saturated rings. The average Bonchev–Trinajstić information content (AvgIpc) is 2.55. The second kappa shape index (κ2) is 7.38. The fourth-order valence-electron chi connectivity index (χ4n) is 2.15. The van der Waals surface area contributed by atoms with Crippen molar-refractivity contribution in [3.05, 3.63) is 64.9 Å². The van der Waals surface area contributed by atoms with Crippen LogP contribution in [0, 0.1) is 0 Å². The second-order valence-electron chi connectivity index (χ2n) is 4.90. The molecule has 0 aliphatic heterocycles. The molecule has 0 amide bonds. The van der Waals surface area contributed by atoms with Crippen molar-refractivity contribution in [2.45, 2.75) is 0 Å². The highest BCUT2D eigenvalue weighted by atomic mass is 35.5. The van der Waals surface area contributed by atoms with Crippen LogP contribution in [0.4, 0.5) is 23.0 Å². The number of nitrogens with one attached hydrogen (secondary N) is 2. The number of methoxy groups -OCH3 is 1. The Bertz CT molecular complexity index is 837. The van der Waals surface area contributed by atoms with Crippen LogP contribution in [0.15, 0.2) is 54.9 Å². The molecule has 0 aliphatic carbocycles. The number of aromatic nitrogens is 2. The van der Waals surface area contributed by atoms with Crippen molar-refractivity contribution in [1.29, 1.82) is 0 Å². The summed E-state index contributed by atoms with van der Waals surface area (Å²) < 4.78 is 5.32. The van der Waals surface area contributed by atoms with Crippen LogP contribution in [-0.4, -0.2) is 17.1 Å². The maximum atomic E-state index is 6.00. The van der Waals surface area contributed by atoms with E-state index in [2.05, 4.69) is 20.6 Å².